The molecule has 7 nitrogen and oxygen atoms in total. The van der Waals surface area contributed by atoms with Gasteiger partial charge in [-0.2, -0.15) is 5.26 Å². The van der Waals surface area contributed by atoms with Gasteiger partial charge in [0.15, 0.2) is 0 Å². The van der Waals surface area contributed by atoms with Crippen molar-refractivity contribution in [3.63, 3.8) is 0 Å². The van der Waals surface area contributed by atoms with E-state index < -0.39 is 23.9 Å². The molecule has 7 heteroatoms. The van der Waals surface area contributed by atoms with E-state index in [0.29, 0.717) is 44.3 Å². The lowest BCUT2D eigenvalue weighted by molar-refractivity contribution is -0.142. The number of carbonyl (C=O) groups excluding carboxylic acids is 3. The summed E-state index contributed by atoms with van der Waals surface area (Å²) < 4.78 is 0. The van der Waals surface area contributed by atoms with Crippen LogP contribution in [0.4, 0.5) is 0 Å². The smallest absolute Gasteiger partial charge is 0.261 e. The number of hydrogen-bond acceptors (Lipinski definition) is 5. The molecule has 0 bridgehead atoms. The van der Waals surface area contributed by atoms with Crippen LogP contribution in [0.1, 0.15) is 49.4 Å². The molecule has 3 amide bonds. The van der Waals surface area contributed by atoms with Gasteiger partial charge in [0.1, 0.15) is 12.1 Å². The van der Waals surface area contributed by atoms with Crippen molar-refractivity contribution in [2.75, 3.05) is 13.1 Å². The number of hydrogen-bond donors (Lipinski definition) is 1. The van der Waals surface area contributed by atoms with Gasteiger partial charge in [0.25, 0.3) is 5.91 Å². The monoisotopic (exact) mass is 370 g/mol. The van der Waals surface area contributed by atoms with Crippen LogP contribution in [0.15, 0.2) is 30.3 Å². The Bertz CT molecular complexity index is 714. The highest BCUT2D eigenvalue weighted by Gasteiger charge is 2.39. The summed E-state index contributed by atoms with van der Waals surface area (Å²) in [6.07, 6.45) is 3.00. The predicted octanol–water partition coefficient (Wildman–Crippen LogP) is 1.69. The second-order valence-corrected chi connectivity index (χ2v) is 6.68. The average molecular weight is 370 g/mol. The van der Waals surface area contributed by atoms with Crippen LogP contribution in [0.2, 0.25) is 0 Å². The molecule has 0 saturated carbocycles. The first-order chi connectivity index (χ1) is 13.0. The molecule has 0 aliphatic carbocycles. The zero-order valence-electron chi connectivity index (χ0n) is 15.6. The Kier molecular flexibility index (Phi) is 7.50. The number of likely N-dealkylation sites (tertiary alicyclic amines) is 1. The van der Waals surface area contributed by atoms with Crippen molar-refractivity contribution < 1.29 is 14.4 Å². The molecule has 1 aromatic carbocycles. The van der Waals surface area contributed by atoms with Crippen molar-refractivity contribution >= 4 is 17.7 Å². The molecular weight excluding hydrogens is 344 g/mol. The molecule has 2 atom stereocenters. The minimum absolute atomic E-state index is 0.336. The molecule has 2 rings (SSSR count). The van der Waals surface area contributed by atoms with Crippen LogP contribution >= 0.6 is 0 Å². The largest absolute Gasteiger partial charge is 0.330 e. The van der Waals surface area contributed by atoms with Gasteiger partial charge in [-0.25, -0.2) is 0 Å². The van der Waals surface area contributed by atoms with E-state index >= 15 is 0 Å². The lowest BCUT2D eigenvalue weighted by atomic mass is 10.0. The molecule has 1 aliphatic heterocycles. The molecule has 144 valence electrons. The maximum atomic E-state index is 13.2. The van der Waals surface area contributed by atoms with Gasteiger partial charge in [-0.05, 0) is 50.8 Å². The van der Waals surface area contributed by atoms with E-state index in [9.17, 15) is 19.6 Å². The number of nitriles is 1. The van der Waals surface area contributed by atoms with Crippen LogP contribution in [0.25, 0.3) is 0 Å². The first-order valence-corrected chi connectivity index (χ1v) is 9.30. The molecule has 0 radical (unpaired) electrons. The van der Waals surface area contributed by atoms with Gasteiger partial charge in [-0.1, -0.05) is 18.2 Å². The fourth-order valence-corrected chi connectivity index (χ4v) is 3.42. The zero-order valence-corrected chi connectivity index (χ0v) is 15.6. The summed E-state index contributed by atoms with van der Waals surface area (Å²) in [5.74, 6) is -1.32. The lowest BCUT2D eigenvalue weighted by Crippen LogP contribution is -2.53. The Hall–Kier alpha value is -2.72. The highest BCUT2D eigenvalue weighted by molar-refractivity contribution is 6.07. The molecule has 27 heavy (non-hydrogen) atoms. The highest BCUT2D eigenvalue weighted by atomic mass is 16.2. The van der Waals surface area contributed by atoms with Crippen molar-refractivity contribution in [2.24, 2.45) is 5.73 Å². The Morgan fingerprint density at radius 1 is 1.30 bits per heavy atom. The molecule has 0 spiro atoms. The van der Waals surface area contributed by atoms with Gasteiger partial charge in [-0.3, -0.25) is 19.3 Å². The topological polar surface area (TPSA) is 108 Å². The molecule has 1 aromatic rings. The molecule has 1 saturated heterocycles. The van der Waals surface area contributed by atoms with E-state index in [0.717, 1.165) is 11.3 Å². The first-order valence-electron chi connectivity index (χ1n) is 9.30. The number of unbranched alkanes of at least 4 members (excludes halogenated alkanes) is 1. The molecule has 2 N–H and O–H groups in total. The normalized spacial score (nSPS) is 17.2. The van der Waals surface area contributed by atoms with E-state index in [2.05, 4.69) is 6.07 Å². The van der Waals surface area contributed by atoms with Gasteiger partial charge < -0.3 is 10.6 Å². The fraction of sp³-hybridized carbons (Fsp3) is 0.500. The van der Waals surface area contributed by atoms with Crippen LogP contribution in [-0.2, 0) is 9.59 Å². The van der Waals surface area contributed by atoms with Crippen molar-refractivity contribution in [1.29, 1.82) is 5.26 Å². The standard InChI is InChI=1S/C20H26N4O3/c1-15(25)24(19(26)16-8-3-2-4-9-16)18(11-5-6-12-21)20(27)23-13-7-10-17(23)14-22/h2-4,8-9,17-18H,5-7,10-13,21H2,1H3/t17-,18-/m0/s1. The number of benzene rings is 1. The molecule has 1 heterocycles. The molecular formula is C20H26N4O3. The summed E-state index contributed by atoms with van der Waals surface area (Å²) in [4.78, 5) is 41.1. The Morgan fingerprint density at radius 3 is 2.59 bits per heavy atom. The third-order valence-corrected chi connectivity index (χ3v) is 4.79. The Balaban J connectivity index is 2.33. The summed E-state index contributed by atoms with van der Waals surface area (Å²) in [6, 6.07) is 9.16. The summed E-state index contributed by atoms with van der Waals surface area (Å²) in [5, 5.41) is 9.31. The maximum absolute atomic E-state index is 13.2. The third-order valence-electron chi connectivity index (χ3n) is 4.79. The lowest BCUT2D eigenvalue weighted by Gasteiger charge is -2.32. The van der Waals surface area contributed by atoms with Gasteiger partial charge in [0.05, 0.1) is 6.07 Å². The van der Waals surface area contributed by atoms with Crippen LogP contribution in [0.3, 0.4) is 0 Å². The minimum Gasteiger partial charge on any atom is -0.330 e. The van der Waals surface area contributed by atoms with Crippen molar-refractivity contribution in [3.8, 4) is 6.07 Å². The van der Waals surface area contributed by atoms with Gasteiger partial charge in [-0.15, -0.1) is 0 Å². The van der Waals surface area contributed by atoms with Crippen molar-refractivity contribution in [3.05, 3.63) is 35.9 Å². The summed E-state index contributed by atoms with van der Waals surface area (Å²) in [7, 11) is 0. The number of amides is 3. The molecule has 1 fully saturated rings. The van der Waals surface area contributed by atoms with Crippen LogP contribution in [0.5, 0.6) is 0 Å². The fourth-order valence-electron chi connectivity index (χ4n) is 3.42. The van der Waals surface area contributed by atoms with E-state index in [1.807, 2.05) is 0 Å². The Morgan fingerprint density at radius 2 is 2.00 bits per heavy atom. The number of nitrogens with two attached hydrogens (primary N) is 1. The number of carbonyl (C=O) groups is 3. The average Bonchev–Trinajstić information content (AvgIpc) is 3.15. The summed E-state index contributed by atoms with van der Waals surface area (Å²) in [6.45, 7) is 2.23. The molecule has 0 unspecified atom stereocenters. The number of rotatable bonds is 7. The number of imide groups is 1. The highest BCUT2D eigenvalue weighted by Crippen LogP contribution is 2.22. The quantitative estimate of drug-likeness (QED) is 0.735. The van der Waals surface area contributed by atoms with Crippen LogP contribution < -0.4 is 5.73 Å². The zero-order chi connectivity index (χ0) is 19.8. The second-order valence-electron chi connectivity index (χ2n) is 6.68. The SMILES string of the molecule is CC(=O)N(C(=O)c1ccccc1)[C@@H](CCCCN)C(=O)N1CCC[C@H]1C#N. The van der Waals surface area contributed by atoms with Crippen LogP contribution in [0, 0.1) is 11.3 Å². The van der Waals surface area contributed by atoms with Crippen molar-refractivity contribution in [1.82, 2.24) is 9.80 Å². The van der Waals surface area contributed by atoms with E-state index in [-0.39, 0.29) is 5.91 Å². The van der Waals surface area contributed by atoms with E-state index in [4.69, 9.17) is 5.73 Å². The molecule has 1 aliphatic rings. The van der Waals surface area contributed by atoms with Gasteiger partial charge in [0.2, 0.25) is 11.8 Å². The maximum Gasteiger partial charge on any atom is 0.261 e. The van der Waals surface area contributed by atoms with Crippen molar-refractivity contribution in [2.45, 2.75) is 51.1 Å². The molecule has 0 aromatic heterocycles. The predicted molar refractivity (Wildman–Crippen MR) is 100 cm³/mol. The van der Waals surface area contributed by atoms with Gasteiger partial charge in [0, 0.05) is 19.0 Å². The second kappa shape index (κ2) is 9.83. The van der Waals surface area contributed by atoms with Crippen LogP contribution in [-0.4, -0.2) is 52.7 Å². The van der Waals surface area contributed by atoms with E-state index in [1.54, 1.807) is 30.3 Å². The minimum atomic E-state index is -0.921. The Labute approximate surface area is 159 Å². The van der Waals surface area contributed by atoms with Gasteiger partial charge >= 0.3 is 0 Å². The number of nitrogens with zero attached hydrogens (tertiary/aromatic N) is 3. The third kappa shape index (κ3) is 4.92. The summed E-state index contributed by atoms with van der Waals surface area (Å²) in [5.41, 5.74) is 5.91. The van der Waals surface area contributed by atoms with E-state index in [1.165, 1.54) is 11.8 Å². The summed E-state index contributed by atoms with van der Waals surface area (Å²) >= 11 is 0. The first kappa shape index (κ1) is 20.6.